The van der Waals surface area contributed by atoms with Crippen molar-refractivity contribution in [2.75, 3.05) is 13.1 Å². The van der Waals surface area contributed by atoms with Crippen LogP contribution in [0.4, 0.5) is 0 Å². The minimum absolute atomic E-state index is 0.480. The molecule has 0 aromatic heterocycles. The molecule has 2 aliphatic rings. The predicted octanol–water partition coefficient (Wildman–Crippen LogP) is 2.16. The Balaban J connectivity index is 1.78. The lowest BCUT2D eigenvalue weighted by Gasteiger charge is -2.29. The fraction of sp³-hybridized carbons (Fsp3) is 0.538. The van der Waals surface area contributed by atoms with Crippen molar-refractivity contribution in [1.82, 2.24) is 4.90 Å². The molecule has 1 heterocycles. The second kappa shape index (κ2) is 3.53. The molecule has 0 radical (unpaired) electrons. The first-order chi connectivity index (χ1) is 7.33. The van der Waals surface area contributed by atoms with Crippen molar-refractivity contribution in [3.05, 3.63) is 29.3 Å². The highest BCUT2D eigenvalue weighted by atomic mass is 16.3. The third-order valence-corrected chi connectivity index (χ3v) is 3.54. The Bertz CT molecular complexity index is 371. The first kappa shape index (κ1) is 9.22. The minimum atomic E-state index is 0.480. The predicted molar refractivity (Wildman–Crippen MR) is 59.8 cm³/mol. The maximum Gasteiger partial charge on any atom is 0.120 e. The number of hydrogen-bond donors (Lipinski definition) is 1. The molecule has 1 fully saturated rings. The van der Waals surface area contributed by atoms with E-state index in [1.165, 1.54) is 24.9 Å². The van der Waals surface area contributed by atoms with E-state index in [1.54, 1.807) is 6.07 Å². The van der Waals surface area contributed by atoms with Crippen LogP contribution in [-0.4, -0.2) is 23.1 Å². The molecule has 1 saturated carbocycles. The van der Waals surface area contributed by atoms with Gasteiger partial charge in [-0.15, -0.1) is 0 Å². The van der Waals surface area contributed by atoms with Crippen LogP contribution in [0.1, 0.15) is 24.0 Å². The average molecular weight is 203 g/mol. The lowest BCUT2D eigenvalue weighted by Crippen LogP contribution is -2.32. The van der Waals surface area contributed by atoms with Gasteiger partial charge in [0.15, 0.2) is 0 Å². The fourth-order valence-corrected chi connectivity index (χ4v) is 2.44. The molecule has 1 aromatic carbocycles. The molecule has 2 nitrogen and oxygen atoms in total. The summed E-state index contributed by atoms with van der Waals surface area (Å²) in [6.07, 6.45) is 3.91. The Labute approximate surface area is 90.5 Å². The molecule has 15 heavy (non-hydrogen) atoms. The highest BCUT2D eigenvalue weighted by molar-refractivity contribution is 5.40. The van der Waals surface area contributed by atoms with E-state index in [0.29, 0.717) is 5.75 Å². The van der Waals surface area contributed by atoms with Crippen LogP contribution < -0.4 is 0 Å². The van der Waals surface area contributed by atoms with Crippen LogP contribution in [0.3, 0.4) is 0 Å². The molecule has 1 aromatic rings. The summed E-state index contributed by atoms with van der Waals surface area (Å²) in [7, 11) is 0. The van der Waals surface area contributed by atoms with Gasteiger partial charge in [-0.05, 0) is 36.8 Å². The molecule has 80 valence electrons. The van der Waals surface area contributed by atoms with Gasteiger partial charge in [0, 0.05) is 25.2 Å². The van der Waals surface area contributed by atoms with Crippen molar-refractivity contribution < 1.29 is 5.11 Å². The van der Waals surface area contributed by atoms with Gasteiger partial charge in [0.05, 0.1) is 0 Å². The first-order valence-electron chi connectivity index (χ1n) is 5.85. The number of aromatic hydroxyl groups is 1. The molecule has 0 saturated heterocycles. The maximum absolute atomic E-state index is 9.80. The summed E-state index contributed by atoms with van der Waals surface area (Å²) in [4.78, 5) is 2.49. The Morgan fingerprint density at radius 2 is 2.20 bits per heavy atom. The Hall–Kier alpha value is -1.02. The van der Waals surface area contributed by atoms with Crippen LogP contribution in [0.2, 0.25) is 0 Å². The van der Waals surface area contributed by atoms with Crippen LogP contribution in [0.15, 0.2) is 18.2 Å². The summed E-state index contributed by atoms with van der Waals surface area (Å²) in [5, 5.41) is 9.80. The topological polar surface area (TPSA) is 23.5 Å². The lowest BCUT2D eigenvalue weighted by molar-refractivity contribution is 0.240. The summed E-state index contributed by atoms with van der Waals surface area (Å²) < 4.78 is 0. The van der Waals surface area contributed by atoms with Gasteiger partial charge in [0.2, 0.25) is 0 Å². The fourth-order valence-electron chi connectivity index (χ4n) is 2.44. The zero-order valence-corrected chi connectivity index (χ0v) is 8.95. The highest BCUT2D eigenvalue weighted by Crippen LogP contribution is 2.33. The molecular weight excluding hydrogens is 186 g/mol. The van der Waals surface area contributed by atoms with Gasteiger partial charge in [-0.3, -0.25) is 4.90 Å². The zero-order chi connectivity index (χ0) is 10.3. The molecule has 1 aliphatic carbocycles. The number of phenols is 1. The van der Waals surface area contributed by atoms with Crippen molar-refractivity contribution in [2.45, 2.75) is 25.8 Å². The maximum atomic E-state index is 9.80. The normalized spacial score (nSPS) is 21.3. The second-order valence-electron chi connectivity index (χ2n) is 4.84. The molecule has 0 spiro atoms. The minimum Gasteiger partial charge on any atom is -0.508 e. The van der Waals surface area contributed by atoms with Gasteiger partial charge < -0.3 is 5.11 Å². The summed E-state index contributed by atoms with van der Waals surface area (Å²) >= 11 is 0. The van der Waals surface area contributed by atoms with E-state index < -0.39 is 0 Å². The van der Waals surface area contributed by atoms with E-state index in [-0.39, 0.29) is 0 Å². The number of rotatable bonds is 2. The zero-order valence-electron chi connectivity index (χ0n) is 8.95. The quantitative estimate of drug-likeness (QED) is 0.796. The molecule has 0 amide bonds. The van der Waals surface area contributed by atoms with Crippen molar-refractivity contribution in [3.8, 4) is 5.75 Å². The number of fused-ring (bicyclic) bond motifs is 1. The Kier molecular flexibility index (Phi) is 2.17. The largest absolute Gasteiger partial charge is 0.508 e. The summed E-state index contributed by atoms with van der Waals surface area (Å²) in [6, 6.07) is 5.90. The average Bonchev–Trinajstić information content (AvgIpc) is 3.03. The number of phenolic OH excluding ortho intramolecular Hbond substituents is 1. The van der Waals surface area contributed by atoms with E-state index in [9.17, 15) is 5.11 Å². The molecule has 1 aliphatic heterocycles. The first-order valence-corrected chi connectivity index (χ1v) is 5.85. The molecule has 0 unspecified atom stereocenters. The van der Waals surface area contributed by atoms with E-state index >= 15 is 0 Å². The van der Waals surface area contributed by atoms with Gasteiger partial charge in [-0.1, -0.05) is 12.1 Å². The van der Waals surface area contributed by atoms with Gasteiger partial charge in [0.1, 0.15) is 5.75 Å². The third kappa shape index (κ3) is 1.86. The Morgan fingerprint density at radius 3 is 3.00 bits per heavy atom. The van der Waals surface area contributed by atoms with Crippen LogP contribution in [0.25, 0.3) is 0 Å². The Morgan fingerprint density at radius 1 is 1.33 bits per heavy atom. The monoisotopic (exact) mass is 203 g/mol. The molecule has 0 bridgehead atoms. The van der Waals surface area contributed by atoms with Gasteiger partial charge in [-0.2, -0.15) is 0 Å². The van der Waals surface area contributed by atoms with E-state index in [1.807, 2.05) is 6.07 Å². The third-order valence-electron chi connectivity index (χ3n) is 3.54. The van der Waals surface area contributed by atoms with E-state index in [4.69, 9.17) is 0 Å². The summed E-state index contributed by atoms with van der Waals surface area (Å²) in [6.45, 7) is 3.33. The van der Waals surface area contributed by atoms with Crippen LogP contribution in [0, 0.1) is 5.92 Å². The van der Waals surface area contributed by atoms with Crippen molar-refractivity contribution in [2.24, 2.45) is 5.92 Å². The standard InChI is InChI=1S/C13H17NO/c15-13-3-1-2-11-6-7-14(9-12(11)13)8-10-4-5-10/h1-3,10,15H,4-9H2. The highest BCUT2D eigenvalue weighted by Gasteiger charge is 2.26. The molecule has 0 atom stereocenters. The van der Waals surface area contributed by atoms with E-state index in [2.05, 4.69) is 11.0 Å². The van der Waals surface area contributed by atoms with Crippen LogP contribution >= 0.6 is 0 Å². The second-order valence-corrected chi connectivity index (χ2v) is 4.84. The van der Waals surface area contributed by atoms with Gasteiger partial charge >= 0.3 is 0 Å². The SMILES string of the molecule is Oc1cccc2c1CN(CC1CC1)CC2. The molecular formula is C13H17NO. The number of nitrogens with zero attached hydrogens (tertiary/aromatic N) is 1. The van der Waals surface area contributed by atoms with E-state index in [0.717, 1.165) is 31.0 Å². The summed E-state index contributed by atoms with van der Waals surface area (Å²) in [5.74, 6) is 1.42. The van der Waals surface area contributed by atoms with Crippen LogP contribution in [-0.2, 0) is 13.0 Å². The van der Waals surface area contributed by atoms with Crippen molar-refractivity contribution in [1.29, 1.82) is 0 Å². The molecule has 1 N–H and O–H groups in total. The molecule has 2 heteroatoms. The lowest BCUT2D eigenvalue weighted by atomic mass is 9.99. The summed E-state index contributed by atoms with van der Waals surface area (Å²) in [5.41, 5.74) is 2.49. The van der Waals surface area contributed by atoms with Crippen molar-refractivity contribution >= 4 is 0 Å². The van der Waals surface area contributed by atoms with Crippen molar-refractivity contribution in [3.63, 3.8) is 0 Å². The van der Waals surface area contributed by atoms with Crippen LogP contribution in [0.5, 0.6) is 5.75 Å². The number of benzene rings is 1. The molecule has 3 rings (SSSR count). The van der Waals surface area contributed by atoms with Gasteiger partial charge in [0.25, 0.3) is 0 Å². The number of hydrogen-bond acceptors (Lipinski definition) is 2. The smallest absolute Gasteiger partial charge is 0.120 e. The van der Waals surface area contributed by atoms with Gasteiger partial charge in [-0.25, -0.2) is 0 Å².